The zero-order valence-corrected chi connectivity index (χ0v) is 8.11. The van der Waals surface area contributed by atoms with Crippen molar-refractivity contribution in [3.05, 3.63) is 0 Å². The van der Waals surface area contributed by atoms with Crippen molar-refractivity contribution in [3.63, 3.8) is 0 Å². The molecule has 0 aliphatic rings. The van der Waals surface area contributed by atoms with Crippen LogP contribution in [0, 0.1) is 0 Å². The zero-order valence-electron chi connectivity index (χ0n) is 8.11. The second kappa shape index (κ2) is 9.92. The summed E-state index contributed by atoms with van der Waals surface area (Å²) in [6.45, 7) is 2.74. The molecular weight excluding hydrogens is 170 g/mol. The fraction of sp³-hybridized carbons (Fsp3) is 1.00. The quantitative estimate of drug-likeness (QED) is 0.532. The molecule has 0 bridgehead atoms. The molecule has 1 radical (unpaired) electrons. The van der Waals surface area contributed by atoms with Gasteiger partial charge in [0, 0.05) is 32.8 Å². The largest absolute Gasteiger partial charge is 0.396 e. The fourth-order valence-corrected chi connectivity index (χ4v) is 1.21. The molecule has 0 atom stereocenters. The molecule has 0 saturated heterocycles. The predicted molar refractivity (Wildman–Crippen MR) is 50.0 cm³/mol. The number of rotatable bonds is 9. The Morgan fingerprint density at radius 2 is 1.31 bits per heavy atom. The van der Waals surface area contributed by atoms with Gasteiger partial charge in [-0.1, -0.05) is 0 Å². The highest BCUT2D eigenvalue weighted by Gasteiger charge is 2.02. The molecule has 79 valence electrons. The second-order valence-corrected chi connectivity index (χ2v) is 3.05. The van der Waals surface area contributed by atoms with Gasteiger partial charge < -0.3 is 15.1 Å². The third-order valence-corrected chi connectivity index (χ3v) is 1.88. The molecule has 0 amide bonds. The maximum absolute atomic E-state index is 10.3. The van der Waals surface area contributed by atoms with Gasteiger partial charge in [-0.2, -0.15) is 0 Å². The van der Waals surface area contributed by atoms with Crippen LogP contribution >= 0.6 is 0 Å². The monoisotopic (exact) mass is 190 g/mol. The summed E-state index contributed by atoms with van der Waals surface area (Å²) in [4.78, 5) is 2.12. The Balaban J connectivity index is 3.47. The molecule has 0 rings (SSSR count). The zero-order chi connectivity index (χ0) is 9.94. The van der Waals surface area contributed by atoms with E-state index in [-0.39, 0.29) is 19.8 Å². The van der Waals surface area contributed by atoms with E-state index in [2.05, 4.69) is 4.90 Å². The van der Waals surface area contributed by atoms with E-state index in [0.717, 1.165) is 32.5 Å². The summed E-state index contributed by atoms with van der Waals surface area (Å²) < 4.78 is 0. The SMILES string of the molecule is [O]CCCN(CCCO)CCCO. The molecule has 0 unspecified atom stereocenters. The Kier molecular flexibility index (Phi) is 9.80. The highest BCUT2D eigenvalue weighted by molar-refractivity contribution is 4.57. The van der Waals surface area contributed by atoms with E-state index in [9.17, 15) is 5.11 Å². The van der Waals surface area contributed by atoms with Crippen molar-refractivity contribution in [1.82, 2.24) is 4.90 Å². The van der Waals surface area contributed by atoms with Gasteiger partial charge in [0.15, 0.2) is 0 Å². The summed E-state index contributed by atoms with van der Waals surface area (Å²) in [5, 5.41) is 27.5. The van der Waals surface area contributed by atoms with Crippen LogP contribution < -0.4 is 0 Å². The van der Waals surface area contributed by atoms with Crippen LogP contribution in [-0.2, 0) is 5.11 Å². The van der Waals surface area contributed by atoms with Crippen molar-refractivity contribution in [2.24, 2.45) is 0 Å². The fourth-order valence-electron chi connectivity index (χ4n) is 1.21. The highest BCUT2D eigenvalue weighted by atomic mass is 16.3. The minimum atomic E-state index is -0.0469. The third-order valence-electron chi connectivity index (χ3n) is 1.88. The summed E-state index contributed by atoms with van der Waals surface area (Å²) in [5.74, 6) is 0. The van der Waals surface area contributed by atoms with Gasteiger partial charge in [0.2, 0.25) is 0 Å². The maximum Gasteiger partial charge on any atom is 0.0834 e. The van der Waals surface area contributed by atoms with Gasteiger partial charge in [0.05, 0.1) is 6.61 Å². The van der Waals surface area contributed by atoms with E-state index in [4.69, 9.17) is 10.2 Å². The van der Waals surface area contributed by atoms with Crippen molar-refractivity contribution in [2.45, 2.75) is 19.3 Å². The molecule has 0 aliphatic heterocycles. The molecule has 4 nitrogen and oxygen atoms in total. The van der Waals surface area contributed by atoms with Gasteiger partial charge in [-0.25, -0.2) is 5.11 Å². The van der Waals surface area contributed by atoms with Crippen LogP contribution in [-0.4, -0.2) is 54.6 Å². The third kappa shape index (κ3) is 8.18. The first-order valence-electron chi connectivity index (χ1n) is 4.87. The van der Waals surface area contributed by atoms with Crippen LogP contribution in [0.4, 0.5) is 0 Å². The Hall–Kier alpha value is -0.160. The minimum absolute atomic E-state index is 0.0469. The lowest BCUT2D eigenvalue weighted by Crippen LogP contribution is -2.28. The van der Waals surface area contributed by atoms with Crippen LogP contribution in [0.3, 0.4) is 0 Å². The molecule has 2 N–H and O–H groups in total. The number of nitrogens with zero attached hydrogens (tertiary/aromatic N) is 1. The molecule has 0 spiro atoms. The highest BCUT2D eigenvalue weighted by Crippen LogP contribution is 1.95. The summed E-state index contributed by atoms with van der Waals surface area (Å²) in [5.41, 5.74) is 0. The maximum atomic E-state index is 10.3. The van der Waals surface area contributed by atoms with Gasteiger partial charge in [-0.15, -0.1) is 0 Å². The van der Waals surface area contributed by atoms with Gasteiger partial charge in [-0.05, 0) is 19.3 Å². The Bertz CT molecular complexity index is 81.8. The van der Waals surface area contributed by atoms with E-state index < -0.39 is 0 Å². The average molecular weight is 190 g/mol. The van der Waals surface area contributed by atoms with Crippen LogP contribution in [0.15, 0.2) is 0 Å². The van der Waals surface area contributed by atoms with E-state index >= 15 is 0 Å². The summed E-state index contributed by atoms with van der Waals surface area (Å²) in [7, 11) is 0. The van der Waals surface area contributed by atoms with E-state index in [1.807, 2.05) is 0 Å². The molecular formula is C9H20NO3. The number of hydrogen-bond acceptors (Lipinski definition) is 3. The topological polar surface area (TPSA) is 63.6 Å². The van der Waals surface area contributed by atoms with Gasteiger partial charge >= 0.3 is 0 Å². The number of aliphatic hydroxyl groups is 2. The summed E-state index contributed by atoms with van der Waals surface area (Å²) >= 11 is 0. The van der Waals surface area contributed by atoms with Crippen LogP contribution in [0.5, 0.6) is 0 Å². The first kappa shape index (κ1) is 12.8. The van der Waals surface area contributed by atoms with Crippen molar-refractivity contribution in [2.75, 3.05) is 39.5 Å². The molecule has 0 heterocycles. The lowest BCUT2D eigenvalue weighted by molar-refractivity contribution is 0.154. The summed E-state index contributed by atoms with van der Waals surface area (Å²) in [6.07, 6.45) is 2.13. The lowest BCUT2D eigenvalue weighted by Gasteiger charge is -2.20. The van der Waals surface area contributed by atoms with E-state index in [1.54, 1.807) is 0 Å². The smallest absolute Gasteiger partial charge is 0.0834 e. The number of hydrogen-bond donors (Lipinski definition) is 2. The molecule has 0 fully saturated rings. The molecule has 13 heavy (non-hydrogen) atoms. The Morgan fingerprint density at radius 3 is 1.69 bits per heavy atom. The predicted octanol–water partition coefficient (Wildman–Crippen LogP) is -0.126. The van der Waals surface area contributed by atoms with E-state index in [1.165, 1.54) is 0 Å². The first-order valence-corrected chi connectivity index (χ1v) is 4.87. The normalized spacial score (nSPS) is 11.1. The van der Waals surface area contributed by atoms with Gasteiger partial charge in [-0.3, -0.25) is 0 Å². The van der Waals surface area contributed by atoms with Crippen molar-refractivity contribution in [1.29, 1.82) is 0 Å². The van der Waals surface area contributed by atoms with Crippen molar-refractivity contribution in [3.8, 4) is 0 Å². The van der Waals surface area contributed by atoms with E-state index in [0.29, 0.717) is 6.42 Å². The molecule has 0 aromatic rings. The average Bonchev–Trinajstić information content (AvgIpc) is 2.17. The van der Waals surface area contributed by atoms with Crippen molar-refractivity contribution >= 4 is 0 Å². The van der Waals surface area contributed by atoms with Crippen molar-refractivity contribution < 1.29 is 15.3 Å². The Morgan fingerprint density at radius 1 is 0.846 bits per heavy atom. The van der Waals surface area contributed by atoms with Crippen LogP contribution in [0.25, 0.3) is 0 Å². The number of aliphatic hydroxyl groups excluding tert-OH is 2. The van der Waals surface area contributed by atoms with Gasteiger partial charge in [0.1, 0.15) is 0 Å². The van der Waals surface area contributed by atoms with Gasteiger partial charge in [0.25, 0.3) is 0 Å². The Labute approximate surface area is 79.8 Å². The van der Waals surface area contributed by atoms with Crippen LogP contribution in [0.2, 0.25) is 0 Å². The first-order chi connectivity index (χ1) is 6.35. The molecule has 0 aromatic heterocycles. The second-order valence-electron chi connectivity index (χ2n) is 3.05. The summed E-state index contributed by atoms with van der Waals surface area (Å²) in [6, 6.07) is 0. The lowest BCUT2D eigenvalue weighted by atomic mass is 10.3. The standard InChI is InChI=1S/C9H20NO3/c11-7-1-4-10(5-2-8-12)6-3-9-13/h11-12H,1-9H2. The minimum Gasteiger partial charge on any atom is -0.396 e. The molecule has 0 aliphatic carbocycles. The molecule has 0 saturated carbocycles. The molecule has 4 heteroatoms. The van der Waals surface area contributed by atoms with Crippen LogP contribution in [0.1, 0.15) is 19.3 Å². The molecule has 0 aromatic carbocycles.